The van der Waals surface area contributed by atoms with Crippen molar-refractivity contribution in [2.24, 2.45) is 0 Å². The average Bonchev–Trinajstić information content (AvgIpc) is 3.46. The predicted molar refractivity (Wildman–Crippen MR) is 114 cm³/mol. The fourth-order valence-electron chi connectivity index (χ4n) is 3.40. The number of amides is 2. The van der Waals surface area contributed by atoms with Gasteiger partial charge >= 0.3 is 6.09 Å². The first-order valence-electron chi connectivity index (χ1n) is 9.32. The topological polar surface area (TPSA) is 82.4 Å². The maximum absolute atomic E-state index is 12.3. The van der Waals surface area contributed by atoms with Crippen LogP contribution in [0.2, 0.25) is 0 Å². The molecule has 0 radical (unpaired) electrons. The average molecular weight is 426 g/mol. The van der Waals surface area contributed by atoms with Crippen LogP contribution in [0, 0.1) is 11.3 Å². The van der Waals surface area contributed by atoms with Crippen LogP contribution in [0.3, 0.4) is 0 Å². The lowest BCUT2D eigenvalue weighted by atomic mass is 9.94. The van der Waals surface area contributed by atoms with Crippen LogP contribution in [0.25, 0.3) is 6.08 Å². The van der Waals surface area contributed by atoms with Gasteiger partial charge in [-0.2, -0.15) is 5.26 Å². The molecular formula is C21H19N3O3S2. The van der Waals surface area contributed by atoms with Gasteiger partial charge in [-0.25, -0.2) is 4.79 Å². The fraction of sp³-hybridized carbons (Fsp3) is 0.286. The third-order valence-electron chi connectivity index (χ3n) is 4.85. The van der Waals surface area contributed by atoms with Crippen molar-refractivity contribution in [3.63, 3.8) is 0 Å². The summed E-state index contributed by atoms with van der Waals surface area (Å²) in [6, 6.07) is 6.08. The van der Waals surface area contributed by atoms with Gasteiger partial charge in [0.15, 0.2) is 0 Å². The minimum atomic E-state index is -0.298. The normalized spacial score (nSPS) is 17.9. The minimum absolute atomic E-state index is 0.205. The van der Waals surface area contributed by atoms with E-state index < -0.39 is 0 Å². The second kappa shape index (κ2) is 8.64. The van der Waals surface area contributed by atoms with Crippen LogP contribution < -0.4 is 5.32 Å². The predicted octanol–water partition coefficient (Wildman–Crippen LogP) is 4.20. The van der Waals surface area contributed by atoms with Gasteiger partial charge in [0, 0.05) is 35.3 Å². The molecule has 1 aliphatic heterocycles. The lowest BCUT2D eigenvalue weighted by Gasteiger charge is -2.25. The highest BCUT2D eigenvalue weighted by Crippen LogP contribution is 2.38. The molecule has 2 aromatic rings. The summed E-state index contributed by atoms with van der Waals surface area (Å²) in [5.41, 5.74) is 1.49. The lowest BCUT2D eigenvalue weighted by Crippen LogP contribution is -2.34. The summed E-state index contributed by atoms with van der Waals surface area (Å²) in [6.07, 6.45) is 8.52. The van der Waals surface area contributed by atoms with Crippen molar-refractivity contribution in [1.29, 1.82) is 5.26 Å². The molecule has 8 heteroatoms. The van der Waals surface area contributed by atoms with E-state index in [-0.39, 0.29) is 18.1 Å². The van der Waals surface area contributed by atoms with E-state index in [1.54, 1.807) is 22.3 Å². The Kier molecular flexibility index (Phi) is 5.79. The van der Waals surface area contributed by atoms with Crippen LogP contribution in [0.5, 0.6) is 0 Å². The largest absolute Gasteiger partial charge is 0.446 e. The van der Waals surface area contributed by atoms with E-state index in [9.17, 15) is 14.9 Å². The number of carbonyl (C=O) groups is 2. The SMILES string of the molecule is N#Cc1c(NC(=O)/C=C/c2cccs2)sc2c1CCC(OC(=O)N1CC=CC1)C2. The van der Waals surface area contributed by atoms with Crippen LogP contribution in [0.15, 0.2) is 35.7 Å². The van der Waals surface area contributed by atoms with Gasteiger partial charge in [0.1, 0.15) is 17.2 Å². The third-order valence-corrected chi connectivity index (χ3v) is 6.86. The molecule has 148 valence electrons. The molecule has 0 fully saturated rings. The molecule has 1 aliphatic carbocycles. The lowest BCUT2D eigenvalue weighted by molar-refractivity contribution is -0.111. The number of hydrogen-bond donors (Lipinski definition) is 1. The van der Waals surface area contributed by atoms with E-state index >= 15 is 0 Å². The first-order chi connectivity index (χ1) is 14.1. The maximum Gasteiger partial charge on any atom is 0.410 e. The van der Waals surface area contributed by atoms with E-state index in [0.717, 1.165) is 15.3 Å². The van der Waals surface area contributed by atoms with Gasteiger partial charge in [-0.1, -0.05) is 18.2 Å². The highest BCUT2D eigenvalue weighted by molar-refractivity contribution is 7.16. The van der Waals surface area contributed by atoms with Gasteiger partial charge in [0.2, 0.25) is 5.91 Å². The number of nitrogens with zero attached hydrogens (tertiary/aromatic N) is 2. The Labute approximate surface area is 176 Å². The maximum atomic E-state index is 12.3. The van der Waals surface area contributed by atoms with Crippen molar-refractivity contribution in [3.8, 4) is 6.07 Å². The third kappa shape index (κ3) is 4.42. The molecule has 1 atom stereocenters. The van der Waals surface area contributed by atoms with Crippen LogP contribution in [-0.2, 0) is 22.4 Å². The quantitative estimate of drug-likeness (QED) is 0.588. The highest BCUT2D eigenvalue weighted by atomic mass is 32.1. The summed E-state index contributed by atoms with van der Waals surface area (Å²) in [7, 11) is 0. The summed E-state index contributed by atoms with van der Waals surface area (Å²) in [6.45, 7) is 1.17. The van der Waals surface area contributed by atoms with Crippen LogP contribution >= 0.6 is 22.7 Å². The first-order valence-corrected chi connectivity index (χ1v) is 11.0. The van der Waals surface area contributed by atoms with E-state index in [1.807, 2.05) is 29.7 Å². The Balaban J connectivity index is 1.42. The molecule has 2 amide bonds. The number of nitriles is 1. The van der Waals surface area contributed by atoms with Crippen LogP contribution in [0.1, 0.15) is 27.3 Å². The van der Waals surface area contributed by atoms with Crippen molar-refractivity contribution in [2.75, 3.05) is 18.4 Å². The van der Waals surface area contributed by atoms with E-state index in [0.29, 0.717) is 42.9 Å². The van der Waals surface area contributed by atoms with Crippen molar-refractivity contribution < 1.29 is 14.3 Å². The number of fused-ring (bicyclic) bond motifs is 1. The number of hydrogen-bond acceptors (Lipinski definition) is 6. The molecule has 0 bridgehead atoms. The second-order valence-electron chi connectivity index (χ2n) is 6.78. The number of carbonyl (C=O) groups excluding carboxylic acids is 2. The van der Waals surface area contributed by atoms with E-state index in [4.69, 9.17) is 4.74 Å². The van der Waals surface area contributed by atoms with Gasteiger partial charge in [0.25, 0.3) is 0 Å². The first kappa shape index (κ1) is 19.4. The van der Waals surface area contributed by atoms with Gasteiger partial charge in [-0.15, -0.1) is 22.7 Å². The molecule has 3 heterocycles. The number of nitrogens with one attached hydrogen (secondary N) is 1. The number of anilines is 1. The zero-order valence-electron chi connectivity index (χ0n) is 15.6. The molecule has 0 saturated heterocycles. The molecule has 2 aromatic heterocycles. The molecule has 1 unspecified atom stereocenters. The Morgan fingerprint density at radius 3 is 2.90 bits per heavy atom. The van der Waals surface area contributed by atoms with Crippen molar-refractivity contribution >= 4 is 45.8 Å². The standard InChI is InChI=1S/C21H19N3O3S2/c22-13-17-16-7-5-14(27-21(26)24-9-1-2-10-24)12-18(16)29-20(17)23-19(25)8-6-15-4-3-11-28-15/h1-4,6,8,11,14H,5,7,9-10,12H2,(H,23,25)/b8-6+. The monoisotopic (exact) mass is 425 g/mol. The number of thiophene rings is 2. The molecule has 0 spiro atoms. The molecule has 0 saturated carbocycles. The molecular weight excluding hydrogens is 406 g/mol. The van der Waals surface area contributed by atoms with Crippen molar-refractivity contribution in [2.45, 2.75) is 25.4 Å². The molecule has 1 N–H and O–H groups in total. The molecule has 29 heavy (non-hydrogen) atoms. The zero-order chi connectivity index (χ0) is 20.2. The second-order valence-corrected chi connectivity index (χ2v) is 8.87. The molecule has 6 nitrogen and oxygen atoms in total. The van der Waals surface area contributed by atoms with Gasteiger partial charge in [-0.3, -0.25) is 4.79 Å². The molecule has 4 rings (SSSR count). The van der Waals surface area contributed by atoms with Gasteiger partial charge in [-0.05, 0) is 35.9 Å². The Morgan fingerprint density at radius 2 is 2.17 bits per heavy atom. The minimum Gasteiger partial charge on any atom is -0.446 e. The Bertz CT molecular complexity index is 1010. The summed E-state index contributed by atoms with van der Waals surface area (Å²) >= 11 is 2.95. The summed E-state index contributed by atoms with van der Waals surface area (Å²) in [4.78, 5) is 28.1. The number of rotatable bonds is 4. The summed E-state index contributed by atoms with van der Waals surface area (Å²) in [5, 5.41) is 14.9. The smallest absolute Gasteiger partial charge is 0.410 e. The Morgan fingerprint density at radius 1 is 1.34 bits per heavy atom. The van der Waals surface area contributed by atoms with E-state index in [2.05, 4.69) is 11.4 Å². The molecule has 2 aliphatic rings. The summed E-state index contributed by atoms with van der Waals surface area (Å²) in [5.74, 6) is -0.266. The van der Waals surface area contributed by atoms with Crippen molar-refractivity contribution in [3.05, 3.63) is 56.6 Å². The van der Waals surface area contributed by atoms with E-state index in [1.165, 1.54) is 17.4 Å². The molecule has 0 aromatic carbocycles. The van der Waals surface area contributed by atoms with Crippen LogP contribution in [-0.4, -0.2) is 36.1 Å². The summed E-state index contributed by atoms with van der Waals surface area (Å²) < 4.78 is 5.65. The van der Waals surface area contributed by atoms with Crippen LogP contribution in [0.4, 0.5) is 9.80 Å². The fourth-order valence-corrected chi connectivity index (χ4v) is 5.29. The highest BCUT2D eigenvalue weighted by Gasteiger charge is 2.29. The Hall–Kier alpha value is -2.89. The number of ether oxygens (including phenoxy) is 1. The van der Waals surface area contributed by atoms with Gasteiger partial charge < -0.3 is 15.0 Å². The van der Waals surface area contributed by atoms with Gasteiger partial charge in [0.05, 0.1) is 5.56 Å². The van der Waals surface area contributed by atoms with Crippen molar-refractivity contribution in [1.82, 2.24) is 4.90 Å². The zero-order valence-corrected chi connectivity index (χ0v) is 17.2.